The average molecular weight is 1230 g/mol. The largest absolute Gasteiger partial charge is 2.00 e. The summed E-state index contributed by atoms with van der Waals surface area (Å²) in [5.74, 6) is -4.49. The van der Waals surface area contributed by atoms with Crippen molar-refractivity contribution in [3.05, 3.63) is 186 Å². The molecule has 79 heavy (non-hydrogen) atoms. The molecule has 2 aliphatic heterocycles. The predicted molar refractivity (Wildman–Crippen MR) is 278 cm³/mol. The van der Waals surface area contributed by atoms with Gasteiger partial charge in [-0.3, -0.25) is 19.2 Å². The van der Waals surface area contributed by atoms with Crippen molar-refractivity contribution in [1.29, 1.82) is 0 Å². The van der Waals surface area contributed by atoms with Crippen molar-refractivity contribution in [3.63, 3.8) is 0 Å². The van der Waals surface area contributed by atoms with Gasteiger partial charge in [-0.05, 0) is 117 Å². The number of fused-ring (bicyclic) bond motifs is 9. The standard InChI is InChI=1S/C49H50ClN5O11.C5H5.F6P.Ru/c1-49(2,3)66-48(62)52-35(24-28-16-20-33(50)21-17-28)43(57)53-40(31-14-10-7-11-15-31)45(59)55-41-32-26-37(56)42(63-4)38(27-32)65-34-22-18-29(19-23-34)25-36(47(61)64-5)51-44(58)39(54-46(41)60)30-12-8-6-9-13-30;1-2-4-5-3-1;1-7(2,3,4,5)6;/h6-23,26-27,35-36,39-41,56H,24-25H2,1-5H3,(H,51,58)(H,52,62)(H,53,57)(H,54,60)(H,55,59);1-5H;;/q;;-1;+2/t35-,36-,39-,40+,41+;;;/m1.../s1. The third-order valence-corrected chi connectivity index (χ3v) is 11.1. The molecule has 5 aromatic carbocycles. The molecule has 0 saturated heterocycles. The Balaban J connectivity index is 0.000000920. The number of phenols is 1. The topological polar surface area (TPSA) is 220 Å². The van der Waals surface area contributed by atoms with Crippen LogP contribution >= 0.6 is 19.4 Å². The number of phenolic OH excluding ortho intramolecular Hbond substituents is 1. The fourth-order valence-corrected chi connectivity index (χ4v) is 7.55. The van der Waals surface area contributed by atoms with Crippen LogP contribution in [-0.2, 0) is 65.8 Å². The van der Waals surface area contributed by atoms with E-state index in [1.165, 1.54) is 26.4 Å². The molecule has 5 radical (unpaired) electrons. The molecular weight excluding hydrogens is 1180 g/mol. The summed E-state index contributed by atoms with van der Waals surface area (Å²) in [6.07, 6.45) is 9.09. The Kier molecular flexibility index (Phi) is 22.3. The summed E-state index contributed by atoms with van der Waals surface area (Å²) in [7, 11) is -8.16. The normalized spacial score (nSPS) is 17.8. The maximum Gasteiger partial charge on any atom is 2.00 e. The molecule has 2 heterocycles. The van der Waals surface area contributed by atoms with Gasteiger partial charge in [0.15, 0.2) is 11.5 Å². The van der Waals surface area contributed by atoms with Crippen molar-refractivity contribution in [2.45, 2.75) is 69.4 Å². The van der Waals surface area contributed by atoms with E-state index in [0.29, 0.717) is 27.3 Å². The molecule has 5 aromatic rings. The fraction of sp³-hybridized carbons (Fsp3) is 0.241. The first-order chi connectivity index (χ1) is 36.5. The first-order valence-corrected chi connectivity index (χ1v) is 25.9. The molecular formula is C54H55ClF6N5O11PRu+. The van der Waals surface area contributed by atoms with Crippen LogP contribution in [-0.4, -0.2) is 72.7 Å². The first kappa shape index (κ1) is 64.6. The summed E-state index contributed by atoms with van der Waals surface area (Å²) in [6, 6.07) is 25.0. The van der Waals surface area contributed by atoms with Crippen LogP contribution in [0.2, 0.25) is 5.02 Å². The Morgan fingerprint density at radius 1 is 0.747 bits per heavy atom. The van der Waals surface area contributed by atoms with E-state index < -0.39 is 85.1 Å². The number of benzene rings is 5. The molecule has 8 rings (SSSR count). The number of hydrogen-bond donors (Lipinski definition) is 6. The maximum absolute atomic E-state index is 14.9. The molecule has 25 heteroatoms. The van der Waals surface area contributed by atoms with E-state index in [0.717, 1.165) is 0 Å². The fourth-order valence-electron chi connectivity index (χ4n) is 7.42. The molecule has 4 bridgehead atoms. The van der Waals surface area contributed by atoms with E-state index in [-0.39, 0.29) is 55.1 Å². The van der Waals surface area contributed by atoms with E-state index in [4.69, 9.17) is 30.5 Å². The van der Waals surface area contributed by atoms with Crippen molar-refractivity contribution in [2.24, 2.45) is 0 Å². The summed E-state index contributed by atoms with van der Waals surface area (Å²) in [5.41, 5.74) is 0.943. The molecule has 0 aromatic heterocycles. The van der Waals surface area contributed by atoms with Crippen LogP contribution in [0.25, 0.3) is 0 Å². The number of esters is 1. The van der Waals surface area contributed by atoms with E-state index in [9.17, 15) is 59.1 Å². The van der Waals surface area contributed by atoms with Crippen LogP contribution in [0.3, 0.4) is 0 Å². The van der Waals surface area contributed by atoms with Crippen LogP contribution in [0.1, 0.15) is 66.7 Å². The second-order valence-electron chi connectivity index (χ2n) is 18.2. The number of nitrogens with one attached hydrogen (secondary N) is 5. The number of amides is 5. The maximum atomic E-state index is 14.9. The molecule has 5 atom stereocenters. The Labute approximate surface area is 470 Å². The number of carbonyl (C=O) groups is 6. The number of rotatable bonds is 11. The van der Waals surface area contributed by atoms with Gasteiger partial charge in [-0.25, -0.2) is 9.59 Å². The third-order valence-electron chi connectivity index (χ3n) is 10.8. The third kappa shape index (κ3) is 22.4. The predicted octanol–water partition coefficient (Wildman–Crippen LogP) is 10.5. The summed E-state index contributed by atoms with van der Waals surface area (Å²) < 4.78 is 81.4. The second-order valence-corrected chi connectivity index (χ2v) is 20.6. The Bertz CT molecular complexity index is 2870. The quantitative estimate of drug-likeness (QED) is 0.0316. The van der Waals surface area contributed by atoms with Crippen LogP contribution in [0.15, 0.2) is 121 Å². The molecule has 423 valence electrons. The van der Waals surface area contributed by atoms with Gasteiger partial charge in [0.1, 0.15) is 41.6 Å². The Hall–Kier alpha value is -6.96. The van der Waals surface area contributed by atoms with Gasteiger partial charge < -0.3 is 50.6 Å². The molecule has 0 spiro atoms. The molecule has 0 unspecified atom stereocenters. The summed E-state index contributed by atoms with van der Waals surface area (Å²) in [4.78, 5) is 84.5. The molecule has 1 saturated carbocycles. The minimum absolute atomic E-state index is 0. The van der Waals surface area contributed by atoms with Crippen molar-refractivity contribution >= 4 is 55.1 Å². The molecule has 16 nitrogen and oxygen atoms in total. The summed E-state index contributed by atoms with van der Waals surface area (Å²) >= 11 is 6.12. The van der Waals surface area contributed by atoms with E-state index >= 15 is 0 Å². The summed E-state index contributed by atoms with van der Waals surface area (Å²) in [5, 5.41) is 25.3. The molecule has 3 aliphatic rings. The smallest absolute Gasteiger partial charge is 0.0312 e. The number of carbonyl (C=O) groups excluding carboxylic acids is 6. The number of halogens is 7. The molecule has 1 fully saturated rings. The Morgan fingerprint density at radius 3 is 1.84 bits per heavy atom. The van der Waals surface area contributed by atoms with E-state index in [2.05, 4.69) is 26.6 Å². The first-order valence-electron chi connectivity index (χ1n) is 23.5. The van der Waals surface area contributed by atoms with Crippen LogP contribution < -0.4 is 36.1 Å². The minimum Gasteiger partial charge on any atom is -0.0312 e. The SMILES string of the molecule is COC(=O)[C@H]1Cc2ccc(cc2)Oc2cc(cc(O)c2OC)[C@H](NC(=O)[C@@H](NC(=O)[C@@H](Cc2ccc(Cl)cc2)NC(=O)OC(C)(C)C)c2ccccc2)C(=O)N[C@H](c2ccccc2)C(=O)N1.F[P-](F)(F)(F)(F)F.[CH]1[CH][CH][CH][CH]1.[Ru+2]. The number of alkyl carbamates (subject to hydrolysis) is 1. The zero-order valence-electron chi connectivity index (χ0n) is 42.7. The number of aromatic hydroxyl groups is 1. The van der Waals surface area contributed by atoms with Gasteiger partial charge in [-0.1, -0.05) is 96.5 Å². The van der Waals surface area contributed by atoms with Gasteiger partial charge in [0.25, 0.3) is 0 Å². The van der Waals surface area contributed by atoms with Gasteiger partial charge in [-0.2, -0.15) is 0 Å². The van der Waals surface area contributed by atoms with Crippen molar-refractivity contribution in [2.75, 3.05) is 14.2 Å². The van der Waals surface area contributed by atoms with Crippen molar-refractivity contribution in [3.8, 4) is 23.0 Å². The summed E-state index contributed by atoms with van der Waals surface area (Å²) in [6.45, 7) is 5.01. The molecule has 1 aliphatic carbocycles. The number of ether oxygens (including phenoxy) is 4. The van der Waals surface area contributed by atoms with Gasteiger partial charge in [-0.15, -0.1) is 0 Å². The van der Waals surface area contributed by atoms with Gasteiger partial charge in [0.2, 0.25) is 29.4 Å². The second kappa shape index (κ2) is 27.3. The van der Waals surface area contributed by atoms with Crippen LogP contribution in [0.4, 0.5) is 30.0 Å². The van der Waals surface area contributed by atoms with Crippen LogP contribution in [0, 0.1) is 32.1 Å². The number of hydrogen-bond acceptors (Lipinski definition) is 11. The van der Waals surface area contributed by atoms with Crippen molar-refractivity contribution < 1.29 is 97.5 Å². The minimum atomic E-state index is -10.7. The molecule has 6 N–H and O–H groups in total. The van der Waals surface area contributed by atoms with E-state index in [1.54, 1.807) is 130 Å². The van der Waals surface area contributed by atoms with Crippen LogP contribution in [0.5, 0.6) is 23.0 Å². The van der Waals surface area contributed by atoms with Gasteiger partial charge >= 0.3 is 64.5 Å². The van der Waals surface area contributed by atoms with Gasteiger partial charge in [0, 0.05) is 17.9 Å². The van der Waals surface area contributed by atoms with Crippen molar-refractivity contribution in [1.82, 2.24) is 26.6 Å². The molecule has 5 amide bonds. The van der Waals surface area contributed by atoms with Gasteiger partial charge in [0.05, 0.1) is 14.2 Å². The van der Waals surface area contributed by atoms with E-state index in [1.807, 2.05) is 32.1 Å². The Morgan fingerprint density at radius 2 is 1.30 bits per heavy atom. The average Bonchev–Trinajstić information content (AvgIpc) is 3.97. The zero-order chi connectivity index (χ0) is 57.5. The number of methoxy groups -OCH3 is 2. The monoisotopic (exact) mass is 1230 g/mol. The zero-order valence-corrected chi connectivity index (χ0v) is 46.1.